The fraction of sp³-hybridized carbons (Fsp3) is 0.286. The molecular formula is C21H21ClN4OS. The van der Waals surface area contributed by atoms with Gasteiger partial charge in [-0.05, 0) is 43.0 Å². The van der Waals surface area contributed by atoms with Crippen LogP contribution in [-0.2, 0) is 6.54 Å². The Morgan fingerprint density at radius 3 is 2.82 bits per heavy atom. The van der Waals surface area contributed by atoms with Crippen LogP contribution in [0, 0.1) is 0 Å². The minimum atomic E-state index is -0.201. The molecule has 7 heteroatoms. The maximum atomic E-state index is 12.5. The van der Waals surface area contributed by atoms with Gasteiger partial charge in [0.05, 0.1) is 0 Å². The van der Waals surface area contributed by atoms with Crippen molar-refractivity contribution in [2.24, 2.45) is 0 Å². The van der Waals surface area contributed by atoms with E-state index in [9.17, 15) is 4.79 Å². The highest BCUT2D eigenvalue weighted by Gasteiger charge is 2.15. The number of benzene rings is 1. The molecule has 1 aliphatic heterocycles. The molecule has 1 fully saturated rings. The van der Waals surface area contributed by atoms with Crippen LogP contribution in [0.5, 0.6) is 0 Å². The van der Waals surface area contributed by atoms with Crippen molar-refractivity contribution in [1.82, 2.24) is 15.3 Å². The number of amides is 1. The van der Waals surface area contributed by atoms with Crippen LogP contribution >= 0.6 is 22.9 Å². The van der Waals surface area contributed by atoms with E-state index in [-0.39, 0.29) is 5.91 Å². The molecule has 0 atom stereocenters. The Morgan fingerprint density at radius 1 is 1.18 bits per heavy atom. The quantitative estimate of drug-likeness (QED) is 0.655. The van der Waals surface area contributed by atoms with Gasteiger partial charge in [-0.3, -0.25) is 4.79 Å². The van der Waals surface area contributed by atoms with E-state index in [4.69, 9.17) is 11.6 Å². The monoisotopic (exact) mass is 412 g/mol. The van der Waals surface area contributed by atoms with E-state index in [1.165, 1.54) is 30.6 Å². The topological polar surface area (TPSA) is 58.1 Å². The van der Waals surface area contributed by atoms with Crippen molar-refractivity contribution in [3.05, 3.63) is 64.3 Å². The van der Waals surface area contributed by atoms with E-state index in [0.29, 0.717) is 17.3 Å². The minimum absolute atomic E-state index is 0.201. The summed E-state index contributed by atoms with van der Waals surface area (Å²) < 4.78 is 0. The molecule has 0 unspecified atom stereocenters. The number of rotatable bonds is 5. The van der Waals surface area contributed by atoms with Gasteiger partial charge in [-0.15, -0.1) is 11.3 Å². The van der Waals surface area contributed by atoms with Crippen molar-refractivity contribution >= 4 is 34.7 Å². The third-order valence-corrected chi connectivity index (χ3v) is 6.07. The maximum Gasteiger partial charge on any atom is 0.271 e. The SMILES string of the molecule is O=C(NCc1ccccc1Cl)c1csc(-c2ccnc(N3CCCCC3)c2)n1. The number of carbonyl (C=O) groups excluding carboxylic acids is 1. The number of carbonyl (C=O) groups is 1. The van der Waals surface area contributed by atoms with E-state index in [0.717, 1.165) is 35.0 Å². The minimum Gasteiger partial charge on any atom is -0.357 e. The van der Waals surface area contributed by atoms with Crippen molar-refractivity contribution in [3.8, 4) is 10.6 Å². The second-order valence-electron chi connectivity index (χ2n) is 6.76. The third-order valence-electron chi connectivity index (χ3n) is 4.81. The van der Waals surface area contributed by atoms with Crippen LogP contribution in [0.4, 0.5) is 5.82 Å². The zero-order valence-corrected chi connectivity index (χ0v) is 17.0. The van der Waals surface area contributed by atoms with Gasteiger partial charge in [0.25, 0.3) is 5.91 Å². The summed E-state index contributed by atoms with van der Waals surface area (Å²) in [4.78, 5) is 23.8. The highest BCUT2D eigenvalue weighted by molar-refractivity contribution is 7.13. The first-order valence-corrected chi connectivity index (χ1v) is 10.6. The van der Waals surface area contributed by atoms with Crippen molar-refractivity contribution in [1.29, 1.82) is 0 Å². The first-order valence-electron chi connectivity index (χ1n) is 9.39. The summed E-state index contributed by atoms with van der Waals surface area (Å²) in [5.74, 6) is 0.782. The maximum absolute atomic E-state index is 12.5. The number of piperidine rings is 1. The van der Waals surface area contributed by atoms with Crippen LogP contribution in [0.25, 0.3) is 10.6 Å². The molecule has 0 radical (unpaired) electrons. The average Bonchev–Trinajstić information content (AvgIpc) is 3.24. The molecule has 1 aliphatic rings. The Hall–Kier alpha value is -2.44. The van der Waals surface area contributed by atoms with Gasteiger partial charge in [-0.25, -0.2) is 9.97 Å². The summed E-state index contributed by atoms with van der Waals surface area (Å²) in [6.45, 7) is 2.47. The second-order valence-corrected chi connectivity index (χ2v) is 8.03. The van der Waals surface area contributed by atoms with Gasteiger partial charge >= 0.3 is 0 Å². The summed E-state index contributed by atoms with van der Waals surface area (Å²) in [5.41, 5.74) is 2.29. The molecule has 2 aromatic heterocycles. The first kappa shape index (κ1) is 18.9. The Labute approximate surface area is 173 Å². The van der Waals surface area contributed by atoms with Gasteiger partial charge in [-0.2, -0.15) is 0 Å². The number of thiazole rings is 1. The molecule has 0 spiro atoms. The Bertz CT molecular complexity index is 968. The lowest BCUT2D eigenvalue weighted by Crippen LogP contribution is -2.30. The average molecular weight is 413 g/mol. The molecule has 1 aromatic carbocycles. The van der Waals surface area contributed by atoms with E-state index in [1.54, 1.807) is 5.38 Å². The third kappa shape index (κ3) is 4.34. The molecule has 28 heavy (non-hydrogen) atoms. The Balaban J connectivity index is 1.45. The molecule has 1 saturated heterocycles. The number of aromatic nitrogens is 2. The number of nitrogens with one attached hydrogen (secondary N) is 1. The Kier molecular flexibility index (Phi) is 5.88. The van der Waals surface area contributed by atoms with Crippen molar-refractivity contribution < 1.29 is 4.79 Å². The largest absolute Gasteiger partial charge is 0.357 e. The molecule has 5 nitrogen and oxygen atoms in total. The van der Waals surface area contributed by atoms with Gasteiger partial charge in [0.15, 0.2) is 0 Å². The summed E-state index contributed by atoms with van der Waals surface area (Å²) in [6, 6.07) is 11.5. The van der Waals surface area contributed by atoms with E-state index in [1.807, 2.05) is 36.5 Å². The molecular weight excluding hydrogens is 392 g/mol. The number of anilines is 1. The summed E-state index contributed by atoms with van der Waals surface area (Å²) in [5, 5.41) is 6.14. The number of nitrogens with zero attached hydrogens (tertiary/aromatic N) is 3. The van der Waals surface area contributed by atoms with Gasteiger partial charge in [0.2, 0.25) is 0 Å². The van der Waals surface area contributed by atoms with Crippen LogP contribution < -0.4 is 10.2 Å². The first-order chi connectivity index (χ1) is 13.7. The number of hydrogen-bond acceptors (Lipinski definition) is 5. The molecule has 4 rings (SSSR count). The number of halogens is 1. The zero-order chi connectivity index (χ0) is 19.3. The normalized spacial score (nSPS) is 14.1. The van der Waals surface area contributed by atoms with Crippen LogP contribution in [0.15, 0.2) is 48.0 Å². The smallest absolute Gasteiger partial charge is 0.271 e. The van der Waals surface area contributed by atoms with Crippen molar-refractivity contribution in [2.45, 2.75) is 25.8 Å². The predicted octanol–water partition coefficient (Wildman–Crippen LogP) is 4.78. The zero-order valence-electron chi connectivity index (χ0n) is 15.4. The van der Waals surface area contributed by atoms with Crippen molar-refractivity contribution in [3.63, 3.8) is 0 Å². The van der Waals surface area contributed by atoms with Crippen LogP contribution in [0.2, 0.25) is 5.02 Å². The number of pyridine rings is 1. The second kappa shape index (κ2) is 8.71. The van der Waals surface area contributed by atoms with E-state index in [2.05, 4.69) is 26.3 Å². The molecule has 1 amide bonds. The van der Waals surface area contributed by atoms with Gasteiger partial charge in [-0.1, -0.05) is 29.8 Å². The van der Waals surface area contributed by atoms with Crippen LogP contribution in [0.1, 0.15) is 35.3 Å². The fourth-order valence-corrected chi connectivity index (χ4v) is 4.27. The van der Waals surface area contributed by atoms with Crippen molar-refractivity contribution in [2.75, 3.05) is 18.0 Å². The molecule has 3 heterocycles. The molecule has 0 aliphatic carbocycles. The van der Waals surface area contributed by atoms with Gasteiger partial charge in [0, 0.05) is 41.8 Å². The molecule has 3 aromatic rings. The summed E-state index contributed by atoms with van der Waals surface area (Å²) in [7, 11) is 0. The van der Waals surface area contributed by atoms with Gasteiger partial charge in [0.1, 0.15) is 16.5 Å². The summed E-state index contributed by atoms with van der Waals surface area (Å²) in [6.07, 6.45) is 5.52. The molecule has 144 valence electrons. The molecule has 0 saturated carbocycles. The standard InChI is InChI=1S/C21H21ClN4OS/c22-17-7-3-2-6-16(17)13-24-20(27)18-14-28-21(25-18)15-8-9-23-19(12-15)26-10-4-1-5-11-26/h2-3,6-9,12,14H,1,4-5,10-11,13H2,(H,24,27). The van der Waals surface area contributed by atoms with Crippen LogP contribution in [-0.4, -0.2) is 29.0 Å². The predicted molar refractivity (Wildman–Crippen MR) is 114 cm³/mol. The molecule has 0 bridgehead atoms. The van der Waals surface area contributed by atoms with Crippen LogP contribution in [0.3, 0.4) is 0 Å². The highest BCUT2D eigenvalue weighted by atomic mass is 35.5. The lowest BCUT2D eigenvalue weighted by Gasteiger charge is -2.27. The van der Waals surface area contributed by atoms with E-state index >= 15 is 0 Å². The molecule has 1 N–H and O–H groups in total. The fourth-order valence-electron chi connectivity index (χ4n) is 3.27. The highest BCUT2D eigenvalue weighted by Crippen LogP contribution is 2.27. The Morgan fingerprint density at radius 2 is 2.00 bits per heavy atom. The lowest BCUT2D eigenvalue weighted by molar-refractivity contribution is 0.0946. The summed E-state index contributed by atoms with van der Waals surface area (Å²) >= 11 is 7.61. The lowest BCUT2D eigenvalue weighted by atomic mass is 10.1. The van der Waals surface area contributed by atoms with Gasteiger partial charge < -0.3 is 10.2 Å². The van der Waals surface area contributed by atoms with E-state index < -0.39 is 0 Å². The number of hydrogen-bond donors (Lipinski definition) is 1.